The second kappa shape index (κ2) is 14.0. The van der Waals surface area contributed by atoms with E-state index in [2.05, 4.69) is 96.3 Å². The van der Waals surface area contributed by atoms with Crippen LogP contribution in [0.5, 0.6) is 5.75 Å². The fourth-order valence-corrected chi connectivity index (χ4v) is 5.04. The summed E-state index contributed by atoms with van der Waals surface area (Å²) in [6.07, 6.45) is 16.8. The highest BCUT2D eigenvalue weighted by Crippen LogP contribution is 2.40. The average Bonchev–Trinajstić information content (AvgIpc) is 3.30. The zero-order valence-corrected chi connectivity index (χ0v) is 25.0. The molecule has 0 radical (unpaired) electrons. The molecule has 2 heterocycles. The summed E-state index contributed by atoms with van der Waals surface area (Å²) in [6.45, 7) is 5.86. The lowest BCUT2D eigenvalue weighted by molar-refractivity contribution is 0.438. The van der Waals surface area contributed by atoms with Crippen molar-refractivity contribution >= 4 is 28.7 Å². The Bertz CT molecular complexity index is 1530. The van der Waals surface area contributed by atoms with Crippen molar-refractivity contribution in [3.63, 3.8) is 0 Å². The van der Waals surface area contributed by atoms with E-state index in [1.807, 2.05) is 24.3 Å². The van der Waals surface area contributed by atoms with E-state index in [-0.39, 0.29) is 22.4 Å². The van der Waals surface area contributed by atoms with Crippen molar-refractivity contribution in [2.45, 2.75) is 52.6 Å². The molecule has 0 saturated carbocycles. The molecule has 4 nitrogen and oxygen atoms in total. The SMILES string of the molecule is Br.C/C=C/CCCCn1ccc(/C=C\C=C2/Oc3ccc(CC)cc3N2Cc2ccccc2)c2ccc(=O)cc1-2. The summed E-state index contributed by atoms with van der Waals surface area (Å²) < 4.78 is 8.51. The topological polar surface area (TPSA) is 34.5 Å². The molecule has 2 aromatic carbocycles. The summed E-state index contributed by atoms with van der Waals surface area (Å²) in [5.41, 5.74) is 6.77. The molecule has 0 aromatic heterocycles. The van der Waals surface area contributed by atoms with E-state index in [1.165, 1.54) is 11.1 Å². The van der Waals surface area contributed by atoms with Gasteiger partial charge in [0.2, 0.25) is 5.88 Å². The van der Waals surface area contributed by atoms with Gasteiger partial charge in [0, 0.05) is 24.4 Å². The number of fused-ring (bicyclic) bond motifs is 2. The highest BCUT2D eigenvalue weighted by Gasteiger charge is 2.26. The quantitative estimate of drug-likeness (QED) is 0.135. The van der Waals surface area contributed by atoms with Gasteiger partial charge >= 0.3 is 0 Å². The minimum atomic E-state index is 0. The molecule has 206 valence electrons. The molecule has 2 aromatic rings. The van der Waals surface area contributed by atoms with Crippen molar-refractivity contribution in [1.82, 2.24) is 4.57 Å². The molecule has 0 N–H and O–H groups in total. The Hall–Kier alpha value is -3.83. The van der Waals surface area contributed by atoms with Gasteiger partial charge in [-0.05, 0) is 85.7 Å². The fourth-order valence-electron chi connectivity index (χ4n) is 5.04. The van der Waals surface area contributed by atoms with Gasteiger partial charge in [-0.15, -0.1) is 17.0 Å². The second-order valence-electron chi connectivity index (χ2n) is 9.90. The zero-order valence-electron chi connectivity index (χ0n) is 23.3. The van der Waals surface area contributed by atoms with Gasteiger partial charge in [0.25, 0.3) is 0 Å². The summed E-state index contributed by atoms with van der Waals surface area (Å²) in [6, 6.07) is 24.4. The largest absolute Gasteiger partial charge is 0.439 e. The third kappa shape index (κ3) is 6.83. The number of benzene rings is 3. The summed E-state index contributed by atoms with van der Waals surface area (Å²) in [5.74, 6) is 1.68. The average molecular weight is 598 g/mol. The molecule has 5 heteroatoms. The molecule has 0 bridgehead atoms. The maximum atomic E-state index is 12.2. The minimum absolute atomic E-state index is 0. The van der Waals surface area contributed by atoms with E-state index in [9.17, 15) is 4.79 Å². The van der Waals surface area contributed by atoms with E-state index >= 15 is 0 Å². The van der Waals surface area contributed by atoms with Crippen LogP contribution in [-0.2, 0) is 19.5 Å². The van der Waals surface area contributed by atoms with Crippen LogP contribution in [0.1, 0.15) is 49.8 Å². The molecule has 0 spiro atoms. The zero-order chi connectivity index (χ0) is 27.0. The third-order valence-electron chi connectivity index (χ3n) is 7.18. The number of halogens is 1. The van der Waals surface area contributed by atoms with Crippen LogP contribution < -0.4 is 15.1 Å². The Labute approximate surface area is 248 Å². The summed E-state index contributed by atoms with van der Waals surface area (Å²) in [4.78, 5) is 14.5. The maximum absolute atomic E-state index is 12.2. The number of aryl methyl sites for hydroxylation is 2. The number of hydrogen-bond acceptors (Lipinski definition) is 3. The molecular weight excluding hydrogens is 560 g/mol. The number of hydrogen-bond donors (Lipinski definition) is 0. The highest BCUT2D eigenvalue weighted by atomic mass is 79.9. The lowest BCUT2D eigenvalue weighted by Crippen LogP contribution is -2.19. The third-order valence-corrected chi connectivity index (χ3v) is 7.18. The summed E-state index contributed by atoms with van der Waals surface area (Å²) >= 11 is 0. The lowest BCUT2D eigenvalue weighted by Gasteiger charge is -2.19. The molecule has 3 aliphatic rings. The Balaban J connectivity index is 0.00000370. The lowest BCUT2D eigenvalue weighted by atomic mass is 10.0. The van der Waals surface area contributed by atoms with E-state index in [1.54, 1.807) is 12.1 Å². The van der Waals surface area contributed by atoms with Crippen molar-refractivity contribution in [2.24, 2.45) is 0 Å². The molecule has 0 fully saturated rings. The Kier molecular flexibility index (Phi) is 10.2. The van der Waals surface area contributed by atoms with E-state index in [4.69, 9.17) is 4.74 Å². The standard InChI is InChI=1S/C35H36N2O2.BrH/c1-3-5-6-7-11-22-36-23-21-29(31-19-18-30(38)25-32(31)36)15-12-16-35-37(26-28-13-9-8-10-14-28)33-24-27(4-2)17-20-34(33)39-35;/h3,5,8-10,12-21,23-25H,4,6-7,11,22,26H2,1-2H3;1H/b5-3+,15-12-,35-16-;. The van der Waals surface area contributed by atoms with Crippen LogP contribution >= 0.6 is 17.0 Å². The molecule has 0 saturated heterocycles. The molecule has 0 amide bonds. The van der Waals surface area contributed by atoms with Crippen LogP contribution in [0.3, 0.4) is 0 Å². The summed E-state index contributed by atoms with van der Waals surface area (Å²) in [7, 11) is 0. The number of pyridine rings is 1. The van der Waals surface area contributed by atoms with Gasteiger partial charge in [-0.25, -0.2) is 0 Å². The van der Waals surface area contributed by atoms with Gasteiger partial charge in [-0.3, -0.25) is 4.79 Å². The minimum Gasteiger partial charge on any atom is -0.439 e. The van der Waals surface area contributed by atoms with Crippen LogP contribution in [0.15, 0.2) is 114 Å². The maximum Gasteiger partial charge on any atom is 0.200 e. The molecule has 0 atom stereocenters. The number of anilines is 1. The van der Waals surface area contributed by atoms with E-state index < -0.39 is 0 Å². The first-order chi connectivity index (χ1) is 19.2. The van der Waals surface area contributed by atoms with Gasteiger partial charge in [-0.1, -0.05) is 67.6 Å². The number of nitrogens with zero attached hydrogens (tertiary/aromatic N) is 2. The van der Waals surface area contributed by atoms with Gasteiger partial charge in [0.05, 0.1) is 17.9 Å². The molecular formula is C35H37BrN2O2. The van der Waals surface area contributed by atoms with Crippen molar-refractivity contribution in [3.8, 4) is 17.0 Å². The number of unbranched alkanes of at least 4 members (excludes halogenated alkanes) is 2. The normalized spacial score (nSPS) is 13.8. The van der Waals surface area contributed by atoms with Crippen LogP contribution in [0, 0.1) is 0 Å². The van der Waals surface area contributed by atoms with Crippen LogP contribution in [-0.4, -0.2) is 4.57 Å². The smallest absolute Gasteiger partial charge is 0.200 e. The van der Waals surface area contributed by atoms with Crippen molar-refractivity contribution in [1.29, 1.82) is 0 Å². The Morgan fingerprint density at radius 3 is 2.58 bits per heavy atom. The van der Waals surface area contributed by atoms with Crippen LogP contribution in [0.2, 0.25) is 0 Å². The first-order valence-electron chi connectivity index (χ1n) is 13.9. The molecule has 2 aliphatic heterocycles. The monoisotopic (exact) mass is 596 g/mol. The van der Waals surface area contributed by atoms with E-state index in [0.29, 0.717) is 0 Å². The molecule has 40 heavy (non-hydrogen) atoms. The molecule has 1 aliphatic carbocycles. The predicted molar refractivity (Wildman–Crippen MR) is 173 cm³/mol. The number of allylic oxidation sites excluding steroid dienone is 4. The van der Waals surface area contributed by atoms with Gasteiger partial charge < -0.3 is 14.2 Å². The predicted octanol–water partition coefficient (Wildman–Crippen LogP) is 8.79. The second-order valence-corrected chi connectivity index (χ2v) is 9.90. The van der Waals surface area contributed by atoms with Gasteiger partial charge in [0.15, 0.2) is 11.2 Å². The van der Waals surface area contributed by atoms with Gasteiger partial charge in [0.1, 0.15) is 0 Å². The van der Waals surface area contributed by atoms with Crippen LogP contribution in [0.25, 0.3) is 17.3 Å². The molecule has 0 unspecified atom stereocenters. The van der Waals surface area contributed by atoms with E-state index in [0.717, 1.165) is 72.9 Å². The highest BCUT2D eigenvalue weighted by molar-refractivity contribution is 8.93. The number of aromatic nitrogens is 1. The van der Waals surface area contributed by atoms with Crippen molar-refractivity contribution < 1.29 is 4.74 Å². The number of rotatable bonds is 10. The Morgan fingerprint density at radius 1 is 0.925 bits per heavy atom. The first-order valence-corrected chi connectivity index (χ1v) is 13.9. The van der Waals surface area contributed by atoms with Crippen molar-refractivity contribution in [3.05, 3.63) is 136 Å². The molecule has 5 rings (SSSR count). The van der Waals surface area contributed by atoms with Gasteiger partial charge in [-0.2, -0.15) is 0 Å². The Morgan fingerprint density at radius 2 is 1.77 bits per heavy atom. The first kappa shape index (κ1) is 29.2. The van der Waals surface area contributed by atoms with Crippen LogP contribution in [0.4, 0.5) is 5.69 Å². The summed E-state index contributed by atoms with van der Waals surface area (Å²) in [5, 5.41) is 0. The van der Waals surface area contributed by atoms with Crippen molar-refractivity contribution in [2.75, 3.05) is 4.90 Å². The number of ether oxygens (including phenoxy) is 1. The fraction of sp³-hybridized carbons (Fsp3) is 0.229.